The molecule has 0 bridgehead atoms. The molecule has 0 saturated carbocycles. The molecule has 0 unspecified atom stereocenters. The summed E-state index contributed by atoms with van der Waals surface area (Å²) >= 11 is 14.3. The molecule has 186 valence electrons. The molecule has 36 heavy (non-hydrogen) atoms. The van der Waals surface area contributed by atoms with Crippen molar-refractivity contribution in [3.05, 3.63) is 109 Å². The number of ether oxygens (including phenoxy) is 1. The van der Waals surface area contributed by atoms with Crippen LogP contribution < -0.4 is 4.74 Å². The number of halogens is 2. The highest BCUT2D eigenvalue weighted by atomic mass is 35.5. The molecule has 3 aromatic carbocycles. The van der Waals surface area contributed by atoms with E-state index in [2.05, 4.69) is 10.2 Å². The Kier molecular flexibility index (Phi) is 8.18. The molecular weight excluding hydrogens is 519 g/mol. The molecule has 0 spiro atoms. The topological polar surface area (TPSA) is 83.1 Å². The van der Waals surface area contributed by atoms with Crippen LogP contribution in [0.3, 0.4) is 0 Å². The summed E-state index contributed by atoms with van der Waals surface area (Å²) in [6.45, 7) is 5.81. The number of aryl methyl sites for hydroxylation is 3. The molecule has 7 nitrogen and oxygen atoms in total. The van der Waals surface area contributed by atoms with Crippen LogP contribution in [0.1, 0.15) is 33.3 Å². The van der Waals surface area contributed by atoms with E-state index >= 15 is 0 Å². The van der Waals surface area contributed by atoms with Crippen molar-refractivity contribution in [1.29, 1.82) is 0 Å². The van der Waals surface area contributed by atoms with Gasteiger partial charge in [0.25, 0.3) is 0 Å². The third kappa shape index (κ3) is 6.19. The molecule has 0 saturated heterocycles. The average molecular weight is 543 g/mol. The van der Waals surface area contributed by atoms with E-state index in [0.29, 0.717) is 28.9 Å². The number of benzene rings is 3. The molecule has 4 aromatic rings. The van der Waals surface area contributed by atoms with Gasteiger partial charge in [0.1, 0.15) is 17.7 Å². The SMILES string of the molecule is Cc1ccc(COc2c(Cl)cc([C@@H](C[N+](=O)[O-])Sc3nnc(C)n3-c3ccc(C)cc3)cc2Cl)cc1. The first-order valence-electron chi connectivity index (χ1n) is 11.2. The second-order valence-electron chi connectivity index (χ2n) is 8.41. The molecule has 0 aliphatic heterocycles. The summed E-state index contributed by atoms with van der Waals surface area (Å²) in [5.74, 6) is 1.02. The minimum absolute atomic E-state index is 0.287. The summed E-state index contributed by atoms with van der Waals surface area (Å²) in [6.07, 6.45) is 0. The summed E-state index contributed by atoms with van der Waals surface area (Å²) in [5.41, 5.74) is 4.73. The Labute approximate surface area is 223 Å². The number of nitro groups is 1. The maximum Gasteiger partial charge on any atom is 0.220 e. The van der Waals surface area contributed by atoms with E-state index in [1.54, 1.807) is 12.1 Å². The van der Waals surface area contributed by atoms with Crippen LogP contribution in [0.4, 0.5) is 0 Å². The molecule has 1 aromatic heterocycles. The maximum absolute atomic E-state index is 11.5. The number of nitrogens with zero attached hydrogens (tertiary/aromatic N) is 4. The van der Waals surface area contributed by atoms with Crippen molar-refractivity contribution in [3.8, 4) is 11.4 Å². The molecule has 1 atom stereocenters. The third-order valence-electron chi connectivity index (χ3n) is 5.55. The highest BCUT2D eigenvalue weighted by molar-refractivity contribution is 7.99. The Morgan fingerprint density at radius 2 is 1.56 bits per heavy atom. The predicted molar refractivity (Wildman–Crippen MR) is 143 cm³/mol. The van der Waals surface area contributed by atoms with Crippen LogP contribution in [0, 0.1) is 30.9 Å². The second kappa shape index (κ2) is 11.3. The molecular formula is C26H24Cl2N4O3S. The highest BCUT2D eigenvalue weighted by Gasteiger charge is 2.26. The zero-order valence-electron chi connectivity index (χ0n) is 19.9. The van der Waals surface area contributed by atoms with E-state index in [1.165, 1.54) is 11.8 Å². The summed E-state index contributed by atoms with van der Waals surface area (Å²) in [6, 6.07) is 19.2. The molecule has 0 fully saturated rings. The van der Waals surface area contributed by atoms with Crippen LogP contribution in [0.5, 0.6) is 5.75 Å². The summed E-state index contributed by atoms with van der Waals surface area (Å²) in [4.78, 5) is 11.2. The normalized spacial score (nSPS) is 11.9. The predicted octanol–water partition coefficient (Wildman–Crippen LogP) is 7.19. The summed E-state index contributed by atoms with van der Waals surface area (Å²) < 4.78 is 7.76. The van der Waals surface area contributed by atoms with Gasteiger partial charge in [-0.1, -0.05) is 82.5 Å². The van der Waals surface area contributed by atoms with Crippen molar-refractivity contribution >= 4 is 35.0 Å². The minimum Gasteiger partial charge on any atom is -0.486 e. The first-order valence-corrected chi connectivity index (χ1v) is 12.8. The first-order chi connectivity index (χ1) is 17.2. The van der Waals surface area contributed by atoms with Gasteiger partial charge < -0.3 is 4.74 Å². The Bertz CT molecular complexity index is 1350. The summed E-state index contributed by atoms with van der Waals surface area (Å²) in [5, 5.41) is 20.5. The Balaban J connectivity index is 1.61. The third-order valence-corrected chi connectivity index (χ3v) is 7.29. The van der Waals surface area contributed by atoms with Gasteiger partial charge in [-0.3, -0.25) is 14.7 Å². The van der Waals surface area contributed by atoms with E-state index in [1.807, 2.05) is 73.9 Å². The van der Waals surface area contributed by atoms with Crippen LogP contribution in [-0.2, 0) is 6.61 Å². The number of rotatable bonds is 9. The van der Waals surface area contributed by atoms with Gasteiger partial charge in [0, 0.05) is 10.6 Å². The Morgan fingerprint density at radius 1 is 0.972 bits per heavy atom. The van der Waals surface area contributed by atoms with Crippen molar-refractivity contribution in [2.45, 2.75) is 37.8 Å². The van der Waals surface area contributed by atoms with Crippen LogP contribution in [0.25, 0.3) is 5.69 Å². The van der Waals surface area contributed by atoms with Crippen molar-refractivity contribution in [2.24, 2.45) is 0 Å². The highest BCUT2D eigenvalue weighted by Crippen LogP contribution is 2.42. The zero-order valence-corrected chi connectivity index (χ0v) is 22.3. The first kappa shape index (κ1) is 26.0. The van der Waals surface area contributed by atoms with Crippen LogP contribution in [-0.4, -0.2) is 26.2 Å². The molecule has 0 amide bonds. The fourth-order valence-electron chi connectivity index (χ4n) is 3.63. The van der Waals surface area contributed by atoms with Crippen molar-refractivity contribution < 1.29 is 9.66 Å². The van der Waals surface area contributed by atoms with Gasteiger partial charge in [-0.25, -0.2) is 0 Å². The zero-order chi connectivity index (χ0) is 25.8. The maximum atomic E-state index is 11.5. The average Bonchev–Trinajstić information content (AvgIpc) is 3.19. The lowest BCUT2D eigenvalue weighted by molar-refractivity contribution is -0.479. The van der Waals surface area contributed by atoms with E-state index in [4.69, 9.17) is 27.9 Å². The fourth-order valence-corrected chi connectivity index (χ4v) is 5.39. The lowest BCUT2D eigenvalue weighted by Gasteiger charge is -2.17. The lowest BCUT2D eigenvalue weighted by Crippen LogP contribution is -2.11. The van der Waals surface area contributed by atoms with Gasteiger partial charge in [0.05, 0.1) is 10.0 Å². The van der Waals surface area contributed by atoms with Crippen molar-refractivity contribution in [2.75, 3.05) is 6.54 Å². The number of thioether (sulfide) groups is 1. The largest absolute Gasteiger partial charge is 0.486 e. The van der Waals surface area contributed by atoms with Gasteiger partial charge in [0.15, 0.2) is 10.9 Å². The van der Waals surface area contributed by atoms with E-state index in [9.17, 15) is 10.1 Å². The molecule has 0 radical (unpaired) electrons. The van der Waals surface area contributed by atoms with Gasteiger partial charge >= 0.3 is 0 Å². The molecule has 4 rings (SSSR count). The number of aromatic nitrogens is 3. The Morgan fingerprint density at radius 3 is 2.14 bits per heavy atom. The summed E-state index contributed by atoms with van der Waals surface area (Å²) in [7, 11) is 0. The van der Waals surface area contributed by atoms with E-state index in [0.717, 1.165) is 22.4 Å². The van der Waals surface area contributed by atoms with Gasteiger partial charge in [-0.15, -0.1) is 10.2 Å². The Hall–Kier alpha value is -3.07. The van der Waals surface area contributed by atoms with Gasteiger partial charge in [-0.05, 0) is 56.2 Å². The quantitative estimate of drug-likeness (QED) is 0.126. The minimum atomic E-state index is -0.603. The molecule has 0 aliphatic carbocycles. The van der Waals surface area contributed by atoms with Crippen LogP contribution in [0.2, 0.25) is 10.0 Å². The van der Waals surface area contributed by atoms with Gasteiger partial charge in [-0.2, -0.15) is 0 Å². The molecule has 0 aliphatic rings. The standard InChI is InChI=1S/C26H24Cl2N4O3S/c1-16-4-8-19(9-5-16)15-35-25-22(27)12-20(13-23(25)28)24(14-31(33)34)36-26-30-29-18(3)32(26)21-10-6-17(2)7-11-21/h4-13,24H,14-15H2,1-3H3/t24-/m1/s1. The lowest BCUT2D eigenvalue weighted by atomic mass is 10.1. The molecule has 1 heterocycles. The number of hydrogen-bond donors (Lipinski definition) is 0. The van der Waals surface area contributed by atoms with Gasteiger partial charge in [0.2, 0.25) is 6.54 Å². The van der Waals surface area contributed by atoms with E-state index < -0.39 is 5.25 Å². The monoisotopic (exact) mass is 542 g/mol. The smallest absolute Gasteiger partial charge is 0.220 e. The second-order valence-corrected chi connectivity index (χ2v) is 10.4. The molecule has 10 heteroatoms. The van der Waals surface area contributed by atoms with Crippen molar-refractivity contribution in [1.82, 2.24) is 14.8 Å². The fraction of sp³-hybridized carbons (Fsp3) is 0.231. The van der Waals surface area contributed by atoms with Crippen molar-refractivity contribution in [3.63, 3.8) is 0 Å². The van der Waals surface area contributed by atoms with Crippen LogP contribution in [0.15, 0.2) is 65.8 Å². The number of hydrogen-bond acceptors (Lipinski definition) is 6. The van der Waals surface area contributed by atoms with E-state index in [-0.39, 0.29) is 21.5 Å². The van der Waals surface area contributed by atoms with Crippen LogP contribution >= 0.6 is 35.0 Å². The molecule has 0 N–H and O–H groups in total.